The second kappa shape index (κ2) is 4.67. The number of ether oxygens (including phenoxy) is 1. The maximum atomic E-state index is 12.6. The summed E-state index contributed by atoms with van der Waals surface area (Å²) in [5.41, 5.74) is -2.04. The number of thiol groups is 1. The van der Waals surface area contributed by atoms with Crippen molar-refractivity contribution in [2.24, 2.45) is 0 Å². The Morgan fingerprint density at radius 1 is 1.47 bits per heavy atom. The van der Waals surface area contributed by atoms with Crippen molar-refractivity contribution in [1.82, 2.24) is 0 Å². The Hall–Kier alpha value is -1.68. The fraction of sp³-hybridized carbons (Fsp3) is 0.200. The molecule has 3 nitrogen and oxygen atoms in total. The molecule has 0 fully saturated rings. The van der Waals surface area contributed by atoms with Gasteiger partial charge in [-0.1, -0.05) is 0 Å². The largest absolute Gasteiger partial charge is 0.465 e. The number of rotatable bonds is 1. The van der Waals surface area contributed by atoms with Gasteiger partial charge in [-0.25, -0.2) is 4.79 Å². The van der Waals surface area contributed by atoms with E-state index in [-0.39, 0.29) is 10.5 Å². The Morgan fingerprint density at radius 2 is 2.06 bits per heavy atom. The van der Waals surface area contributed by atoms with Crippen LogP contribution in [0.2, 0.25) is 0 Å². The van der Waals surface area contributed by atoms with Crippen molar-refractivity contribution in [3.8, 4) is 6.07 Å². The number of alkyl halides is 3. The summed E-state index contributed by atoms with van der Waals surface area (Å²) in [6.45, 7) is 0. The van der Waals surface area contributed by atoms with Crippen LogP contribution in [0.4, 0.5) is 13.2 Å². The molecule has 1 aromatic carbocycles. The molecule has 0 amide bonds. The summed E-state index contributed by atoms with van der Waals surface area (Å²) in [5, 5.41) is 8.66. The van der Waals surface area contributed by atoms with Crippen molar-refractivity contribution in [2.45, 2.75) is 11.1 Å². The van der Waals surface area contributed by atoms with Gasteiger partial charge in [-0.2, -0.15) is 18.4 Å². The van der Waals surface area contributed by atoms with E-state index in [9.17, 15) is 18.0 Å². The van der Waals surface area contributed by atoms with Crippen molar-refractivity contribution in [3.63, 3.8) is 0 Å². The molecule has 0 saturated heterocycles. The molecule has 0 unspecified atom stereocenters. The molecule has 7 heteroatoms. The lowest BCUT2D eigenvalue weighted by molar-refractivity contribution is -0.138. The monoisotopic (exact) mass is 261 g/mol. The molecule has 1 aromatic rings. The highest BCUT2D eigenvalue weighted by Gasteiger charge is 2.37. The molecule has 0 heterocycles. The first-order valence-electron chi connectivity index (χ1n) is 4.24. The van der Waals surface area contributed by atoms with Crippen LogP contribution in [0.15, 0.2) is 17.0 Å². The van der Waals surface area contributed by atoms with Gasteiger partial charge in [0.2, 0.25) is 0 Å². The lowest BCUT2D eigenvalue weighted by Gasteiger charge is -2.13. The van der Waals surface area contributed by atoms with Crippen molar-refractivity contribution in [3.05, 3.63) is 28.8 Å². The number of nitrogens with zero attached hydrogens (tertiary/aromatic N) is 1. The first-order chi connectivity index (χ1) is 7.82. The number of hydrogen-bond acceptors (Lipinski definition) is 4. The quantitative estimate of drug-likeness (QED) is 0.624. The Kier molecular flexibility index (Phi) is 3.68. The van der Waals surface area contributed by atoms with Crippen LogP contribution >= 0.6 is 12.6 Å². The number of esters is 1. The van der Waals surface area contributed by atoms with Gasteiger partial charge in [0.05, 0.1) is 23.8 Å². The van der Waals surface area contributed by atoms with E-state index in [4.69, 9.17) is 5.26 Å². The van der Waals surface area contributed by atoms with Gasteiger partial charge in [-0.05, 0) is 12.1 Å². The van der Waals surface area contributed by atoms with E-state index in [1.807, 2.05) is 0 Å². The Morgan fingerprint density at radius 3 is 2.47 bits per heavy atom. The van der Waals surface area contributed by atoms with Crippen LogP contribution in [0, 0.1) is 11.3 Å². The van der Waals surface area contributed by atoms with Gasteiger partial charge < -0.3 is 4.74 Å². The second-order valence-electron chi connectivity index (χ2n) is 2.99. The van der Waals surface area contributed by atoms with Gasteiger partial charge in [0.1, 0.15) is 6.07 Å². The highest BCUT2D eigenvalue weighted by molar-refractivity contribution is 7.80. The van der Waals surface area contributed by atoms with Gasteiger partial charge in [0, 0.05) is 4.90 Å². The van der Waals surface area contributed by atoms with E-state index < -0.39 is 23.3 Å². The predicted molar refractivity (Wildman–Crippen MR) is 54.8 cm³/mol. The topological polar surface area (TPSA) is 50.1 Å². The van der Waals surface area contributed by atoms with Crippen LogP contribution < -0.4 is 0 Å². The van der Waals surface area contributed by atoms with E-state index >= 15 is 0 Å². The molecule has 0 aliphatic rings. The van der Waals surface area contributed by atoms with E-state index in [0.717, 1.165) is 13.2 Å². The number of halogens is 3. The molecule has 90 valence electrons. The minimum Gasteiger partial charge on any atom is -0.465 e. The molecule has 0 N–H and O–H groups in total. The van der Waals surface area contributed by atoms with Crippen molar-refractivity contribution < 1.29 is 22.7 Å². The Balaban J connectivity index is 3.60. The van der Waals surface area contributed by atoms with Gasteiger partial charge in [-0.15, -0.1) is 12.6 Å². The number of nitriles is 1. The molecule has 0 radical (unpaired) electrons. The number of hydrogen-bond donors (Lipinski definition) is 1. The van der Waals surface area contributed by atoms with Crippen LogP contribution in [0.1, 0.15) is 21.5 Å². The van der Waals surface area contributed by atoms with Gasteiger partial charge in [0.25, 0.3) is 0 Å². The van der Waals surface area contributed by atoms with Crippen LogP contribution in [0.5, 0.6) is 0 Å². The smallest absolute Gasteiger partial charge is 0.417 e. The fourth-order valence-corrected chi connectivity index (χ4v) is 1.56. The summed E-state index contributed by atoms with van der Waals surface area (Å²) in [6, 6.07) is 3.25. The molecule has 17 heavy (non-hydrogen) atoms. The molecule has 0 saturated carbocycles. The molecule has 0 aromatic heterocycles. The second-order valence-corrected chi connectivity index (χ2v) is 3.43. The molecule has 1 rings (SSSR count). The number of methoxy groups -OCH3 is 1. The van der Waals surface area contributed by atoms with Crippen LogP contribution in [0.3, 0.4) is 0 Å². The SMILES string of the molecule is COC(=O)c1c(C(F)(F)F)ccc(C#N)c1S. The van der Waals surface area contributed by atoms with E-state index in [2.05, 4.69) is 17.4 Å². The number of carbonyl (C=O) groups excluding carboxylic acids is 1. The average molecular weight is 261 g/mol. The Labute approximate surface area is 100 Å². The van der Waals surface area contributed by atoms with Crippen molar-refractivity contribution >= 4 is 18.6 Å². The standard InChI is InChI=1S/C10H6F3NO2S/c1-16-9(15)7-6(10(11,12)13)3-2-5(4-14)8(7)17/h2-3,17H,1H3. The van der Waals surface area contributed by atoms with E-state index in [0.29, 0.717) is 6.07 Å². The van der Waals surface area contributed by atoms with E-state index in [1.54, 1.807) is 6.07 Å². The maximum Gasteiger partial charge on any atom is 0.417 e. The minimum absolute atomic E-state index is 0.123. The number of carbonyl (C=O) groups is 1. The molecule has 0 aliphatic carbocycles. The molecule has 0 atom stereocenters. The molecular weight excluding hydrogens is 255 g/mol. The summed E-state index contributed by atoms with van der Waals surface area (Å²) >= 11 is 3.76. The molecule has 0 bridgehead atoms. The van der Waals surface area contributed by atoms with Gasteiger partial charge in [0.15, 0.2) is 0 Å². The third kappa shape index (κ3) is 2.53. The third-order valence-corrected chi connectivity index (χ3v) is 2.46. The molecule has 0 aliphatic heterocycles. The minimum atomic E-state index is -4.71. The summed E-state index contributed by atoms with van der Waals surface area (Å²) < 4.78 is 42.2. The molecular formula is C10H6F3NO2S. The Bertz CT molecular complexity index is 505. The van der Waals surface area contributed by atoms with Crippen LogP contribution in [0.25, 0.3) is 0 Å². The lowest BCUT2D eigenvalue weighted by atomic mass is 10.0. The van der Waals surface area contributed by atoms with Gasteiger partial charge in [-0.3, -0.25) is 0 Å². The maximum absolute atomic E-state index is 12.6. The van der Waals surface area contributed by atoms with Crippen LogP contribution in [-0.4, -0.2) is 13.1 Å². The predicted octanol–water partition coefficient (Wildman–Crippen LogP) is 2.65. The van der Waals surface area contributed by atoms with Crippen LogP contribution in [-0.2, 0) is 10.9 Å². The van der Waals surface area contributed by atoms with Crippen molar-refractivity contribution in [2.75, 3.05) is 7.11 Å². The summed E-state index contributed by atoms with van der Waals surface area (Å²) in [6.07, 6.45) is -4.71. The zero-order chi connectivity index (χ0) is 13.2. The summed E-state index contributed by atoms with van der Waals surface area (Å²) in [7, 11) is 0.953. The zero-order valence-corrected chi connectivity index (χ0v) is 9.39. The first-order valence-corrected chi connectivity index (χ1v) is 4.69. The first kappa shape index (κ1) is 13.4. The lowest BCUT2D eigenvalue weighted by Crippen LogP contribution is -2.15. The average Bonchev–Trinajstić information content (AvgIpc) is 2.26. The van der Waals surface area contributed by atoms with E-state index in [1.165, 1.54) is 0 Å². The fourth-order valence-electron chi connectivity index (χ4n) is 1.23. The highest BCUT2D eigenvalue weighted by atomic mass is 32.1. The summed E-state index contributed by atoms with van der Waals surface area (Å²) in [4.78, 5) is 11.0. The number of benzene rings is 1. The summed E-state index contributed by atoms with van der Waals surface area (Å²) in [5.74, 6) is -1.18. The molecule has 0 spiro atoms. The normalized spacial score (nSPS) is 10.8. The zero-order valence-electron chi connectivity index (χ0n) is 8.50. The highest BCUT2D eigenvalue weighted by Crippen LogP contribution is 2.36. The van der Waals surface area contributed by atoms with Gasteiger partial charge >= 0.3 is 12.1 Å². The van der Waals surface area contributed by atoms with Crippen molar-refractivity contribution in [1.29, 1.82) is 5.26 Å². The third-order valence-electron chi connectivity index (χ3n) is 1.99.